The molecule has 2 heterocycles. The van der Waals surface area contributed by atoms with Crippen LogP contribution in [-0.2, 0) is 6.42 Å². The van der Waals surface area contributed by atoms with Gasteiger partial charge in [-0.05, 0) is 45.2 Å². The summed E-state index contributed by atoms with van der Waals surface area (Å²) in [4.78, 5) is 8.15. The van der Waals surface area contributed by atoms with Crippen LogP contribution in [0.1, 0.15) is 11.4 Å². The van der Waals surface area contributed by atoms with E-state index in [-0.39, 0.29) is 0 Å². The van der Waals surface area contributed by atoms with E-state index in [0.29, 0.717) is 0 Å². The van der Waals surface area contributed by atoms with E-state index in [1.54, 1.807) is 12.4 Å². The highest BCUT2D eigenvalue weighted by atomic mass is 79.9. The zero-order chi connectivity index (χ0) is 9.10. The quantitative estimate of drug-likeness (QED) is 0.827. The van der Waals surface area contributed by atoms with Gasteiger partial charge in [0.2, 0.25) is 0 Å². The van der Waals surface area contributed by atoms with Gasteiger partial charge in [-0.2, -0.15) is 4.37 Å². The molecule has 3 nitrogen and oxygen atoms in total. The molecule has 0 aromatic carbocycles. The Bertz CT molecular complexity index is 387. The minimum Gasteiger partial charge on any atom is -0.265 e. The highest BCUT2D eigenvalue weighted by Gasteiger charge is 2.01. The minimum atomic E-state index is 0.768. The second-order valence-electron chi connectivity index (χ2n) is 2.50. The SMILES string of the molecule is Brc1nc(Cc2ccncc2)ns1. The largest absolute Gasteiger partial charge is 0.265 e. The van der Waals surface area contributed by atoms with Crippen molar-refractivity contribution in [3.63, 3.8) is 0 Å². The van der Waals surface area contributed by atoms with Crippen LogP contribution < -0.4 is 0 Å². The summed E-state index contributed by atoms with van der Waals surface area (Å²) in [6, 6.07) is 3.93. The van der Waals surface area contributed by atoms with Gasteiger partial charge in [0, 0.05) is 18.8 Å². The van der Waals surface area contributed by atoms with Crippen LogP contribution in [0.5, 0.6) is 0 Å². The highest BCUT2D eigenvalue weighted by Crippen LogP contribution is 2.14. The van der Waals surface area contributed by atoms with Crippen molar-refractivity contribution in [3.8, 4) is 0 Å². The molecule has 0 radical (unpaired) electrons. The number of hydrogen-bond donors (Lipinski definition) is 0. The third-order valence-corrected chi connectivity index (χ3v) is 2.71. The Kier molecular flexibility index (Phi) is 2.65. The Hall–Kier alpha value is -0.810. The number of halogens is 1. The molecule has 0 N–H and O–H groups in total. The monoisotopic (exact) mass is 255 g/mol. The standard InChI is InChI=1S/C8H6BrN3S/c9-8-11-7(12-13-8)5-6-1-3-10-4-2-6/h1-4H,5H2. The fraction of sp³-hybridized carbons (Fsp3) is 0.125. The first-order valence-corrected chi connectivity index (χ1v) is 5.28. The van der Waals surface area contributed by atoms with Crippen LogP contribution in [0.25, 0.3) is 0 Å². The third kappa shape index (κ3) is 2.32. The van der Waals surface area contributed by atoms with E-state index < -0.39 is 0 Å². The Labute approximate surface area is 88.2 Å². The molecule has 0 aliphatic heterocycles. The van der Waals surface area contributed by atoms with Gasteiger partial charge in [0.05, 0.1) is 0 Å². The van der Waals surface area contributed by atoms with E-state index in [2.05, 4.69) is 30.3 Å². The van der Waals surface area contributed by atoms with Crippen molar-refractivity contribution >= 4 is 27.5 Å². The summed E-state index contributed by atoms with van der Waals surface area (Å²) < 4.78 is 5.00. The number of rotatable bonds is 2. The molecule has 2 aromatic heterocycles. The summed E-state index contributed by atoms with van der Waals surface area (Å²) in [5, 5.41) is 0. The van der Waals surface area contributed by atoms with E-state index >= 15 is 0 Å². The molecule has 0 spiro atoms. The number of hydrogen-bond acceptors (Lipinski definition) is 4. The van der Waals surface area contributed by atoms with Gasteiger partial charge in [0.1, 0.15) is 5.82 Å². The van der Waals surface area contributed by atoms with Crippen molar-refractivity contribution in [1.29, 1.82) is 0 Å². The van der Waals surface area contributed by atoms with E-state index in [4.69, 9.17) is 0 Å². The highest BCUT2D eigenvalue weighted by molar-refractivity contribution is 9.11. The molecule has 66 valence electrons. The van der Waals surface area contributed by atoms with Crippen molar-refractivity contribution in [3.05, 3.63) is 39.8 Å². The molecular weight excluding hydrogens is 250 g/mol. The lowest BCUT2D eigenvalue weighted by molar-refractivity contribution is 1.02. The maximum atomic E-state index is 4.21. The molecule has 0 unspecified atom stereocenters. The fourth-order valence-electron chi connectivity index (χ4n) is 0.988. The molecule has 0 bridgehead atoms. The summed E-state index contributed by atoms with van der Waals surface area (Å²) in [5.41, 5.74) is 1.18. The van der Waals surface area contributed by atoms with E-state index in [1.165, 1.54) is 17.1 Å². The second kappa shape index (κ2) is 3.93. The zero-order valence-electron chi connectivity index (χ0n) is 6.64. The van der Waals surface area contributed by atoms with Crippen LogP contribution in [-0.4, -0.2) is 14.3 Å². The normalized spacial score (nSPS) is 10.2. The summed E-state index contributed by atoms with van der Waals surface area (Å²) in [7, 11) is 0. The van der Waals surface area contributed by atoms with Crippen LogP contribution in [0.4, 0.5) is 0 Å². The summed E-state index contributed by atoms with van der Waals surface area (Å²) >= 11 is 4.64. The predicted molar refractivity (Wildman–Crippen MR) is 54.7 cm³/mol. The second-order valence-corrected chi connectivity index (χ2v) is 4.52. The van der Waals surface area contributed by atoms with Crippen molar-refractivity contribution in [1.82, 2.24) is 14.3 Å². The third-order valence-electron chi connectivity index (χ3n) is 1.55. The molecule has 0 fully saturated rings. The summed E-state index contributed by atoms with van der Waals surface area (Å²) in [6.07, 6.45) is 4.32. The first-order chi connectivity index (χ1) is 6.34. The van der Waals surface area contributed by atoms with Crippen LogP contribution >= 0.6 is 27.5 Å². The molecule has 0 saturated heterocycles. The molecule has 0 aliphatic rings. The Morgan fingerprint density at radius 3 is 2.69 bits per heavy atom. The first kappa shape index (κ1) is 8.77. The number of aromatic nitrogens is 3. The van der Waals surface area contributed by atoms with Crippen molar-refractivity contribution in [2.24, 2.45) is 0 Å². The molecule has 13 heavy (non-hydrogen) atoms. The molecule has 2 rings (SSSR count). The average Bonchev–Trinajstić information content (AvgIpc) is 2.53. The van der Waals surface area contributed by atoms with Crippen LogP contribution in [0.15, 0.2) is 28.4 Å². The molecule has 0 atom stereocenters. The van der Waals surface area contributed by atoms with Crippen LogP contribution in [0.2, 0.25) is 0 Å². The molecule has 5 heteroatoms. The van der Waals surface area contributed by atoms with Gasteiger partial charge in [0.25, 0.3) is 0 Å². The first-order valence-electron chi connectivity index (χ1n) is 3.71. The maximum Gasteiger partial charge on any atom is 0.179 e. The van der Waals surface area contributed by atoms with Gasteiger partial charge in [-0.3, -0.25) is 4.98 Å². The number of nitrogens with zero attached hydrogens (tertiary/aromatic N) is 3. The maximum absolute atomic E-state index is 4.21. The molecular formula is C8H6BrN3S. The van der Waals surface area contributed by atoms with Crippen LogP contribution in [0, 0.1) is 0 Å². The van der Waals surface area contributed by atoms with Gasteiger partial charge < -0.3 is 0 Å². The van der Waals surface area contributed by atoms with Gasteiger partial charge in [0.15, 0.2) is 3.92 Å². The lowest BCUT2D eigenvalue weighted by atomic mass is 10.2. The van der Waals surface area contributed by atoms with Crippen LogP contribution in [0.3, 0.4) is 0 Å². The average molecular weight is 256 g/mol. The lowest BCUT2D eigenvalue weighted by Gasteiger charge is -1.93. The van der Waals surface area contributed by atoms with Crippen molar-refractivity contribution in [2.45, 2.75) is 6.42 Å². The molecule has 0 amide bonds. The Morgan fingerprint density at radius 1 is 1.31 bits per heavy atom. The lowest BCUT2D eigenvalue weighted by Crippen LogP contribution is -1.89. The van der Waals surface area contributed by atoms with E-state index in [9.17, 15) is 0 Å². The van der Waals surface area contributed by atoms with E-state index in [1.807, 2.05) is 12.1 Å². The summed E-state index contributed by atoms with van der Waals surface area (Å²) in [6.45, 7) is 0. The van der Waals surface area contributed by atoms with Gasteiger partial charge in [-0.25, -0.2) is 4.98 Å². The predicted octanol–water partition coefficient (Wildman–Crippen LogP) is 2.29. The molecule has 0 saturated carbocycles. The number of pyridine rings is 1. The Balaban J connectivity index is 2.15. The molecule has 2 aromatic rings. The zero-order valence-corrected chi connectivity index (χ0v) is 9.05. The minimum absolute atomic E-state index is 0.768. The molecule has 0 aliphatic carbocycles. The van der Waals surface area contributed by atoms with Gasteiger partial charge in [-0.15, -0.1) is 0 Å². The Morgan fingerprint density at radius 2 is 2.08 bits per heavy atom. The smallest absolute Gasteiger partial charge is 0.179 e. The van der Waals surface area contributed by atoms with E-state index in [0.717, 1.165) is 16.2 Å². The van der Waals surface area contributed by atoms with Crippen molar-refractivity contribution in [2.75, 3.05) is 0 Å². The van der Waals surface area contributed by atoms with Crippen molar-refractivity contribution < 1.29 is 0 Å². The summed E-state index contributed by atoms with van der Waals surface area (Å²) in [5.74, 6) is 0.850. The fourth-order valence-corrected chi connectivity index (χ4v) is 1.84. The topological polar surface area (TPSA) is 38.7 Å². The van der Waals surface area contributed by atoms with Gasteiger partial charge >= 0.3 is 0 Å². The van der Waals surface area contributed by atoms with Gasteiger partial charge in [-0.1, -0.05) is 0 Å².